The molecule has 1 N–H and O–H groups in total. The molecule has 1 fully saturated rings. The zero-order valence-electron chi connectivity index (χ0n) is 14.2. The number of hydrogen-bond donors (Lipinski definition) is 1. The normalized spacial score (nSPS) is 15.6. The number of halogens is 1. The lowest BCUT2D eigenvalue weighted by atomic mass is 10.0. The van der Waals surface area contributed by atoms with E-state index in [-0.39, 0.29) is 6.10 Å². The summed E-state index contributed by atoms with van der Waals surface area (Å²) < 4.78 is 13.3. The molecule has 1 aromatic heterocycles. The maximum atomic E-state index is 6.36. The SMILES string of the molecule is COCCn1cc(-c2cc(Cl)cc(C)c2OC2CCNCC2)cn1. The summed E-state index contributed by atoms with van der Waals surface area (Å²) >= 11 is 6.29. The van der Waals surface area contributed by atoms with Crippen molar-refractivity contribution in [2.75, 3.05) is 26.8 Å². The van der Waals surface area contributed by atoms with Gasteiger partial charge in [0.1, 0.15) is 11.9 Å². The number of piperidine rings is 1. The number of nitrogens with one attached hydrogen (secondary N) is 1. The lowest BCUT2D eigenvalue weighted by Crippen LogP contribution is -2.34. The van der Waals surface area contributed by atoms with Gasteiger partial charge < -0.3 is 14.8 Å². The van der Waals surface area contributed by atoms with Crippen LogP contribution >= 0.6 is 11.6 Å². The maximum absolute atomic E-state index is 6.36. The summed E-state index contributed by atoms with van der Waals surface area (Å²) in [7, 11) is 1.69. The van der Waals surface area contributed by atoms with E-state index in [2.05, 4.69) is 10.4 Å². The minimum Gasteiger partial charge on any atom is -0.489 e. The predicted octanol–water partition coefficient (Wildman–Crippen LogP) is 3.29. The number of benzene rings is 1. The molecule has 0 unspecified atom stereocenters. The quantitative estimate of drug-likeness (QED) is 0.869. The number of aromatic nitrogens is 2. The summed E-state index contributed by atoms with van der Waals surface area (Å²) in [5, 5.41) is 8.49. The Bertz CT molecular complexity index is 681. The lowest BCUT2D eigenvalue weighted by molar-refractivity contribution is 0.162. The van der Waals surface area contributed by atoms with E-state index in [0.717, 1.165) is 54.9 Å². The number of nitrogens with zero attached hydrogens (tertiary/aromatic N) is 2. The highest BCUT2D eigenvalue weighted by atomic mass is 35.5. The van der Waals surface area contributed by atoms with Gasteiger partial charge in [-0.2, -0.15) is 5.10 Å². The average molecular weight is 350 g/mol. The van der Waals surface area contributed by atoms with Gasteiger partial charge in [0.2, 0.25) is 0 Å². The highest BCUT2D eigenvalue weighted by Crippen LogP contribution is 2.37. The van der Waals surface area contributed by atoms with E-state index < -0.39 is 0 Å². The topological polar surface area (TPSA) is 48.3 Å². The number of hydrogen-bond acceptors (Lipinski definition) is 4. The van der Waals surface area contributed by atoms with Crippen LogP contribution in [0.25, 0.3) is 11.1 Å². The van der Waals surface area contributed by atoms with Crippen molar-refractivity contribution in [3.05, 3.63) is 35.1 Å². The van der Waals surface area contributed by atoms with Gasteiger partial charge in [0.25, 0.3) is 0 Å². The molecular formula is C18H24ClN3O2. The molecule has 0 spiro atoms. The molecule has 1 aliphatic heterocycles. The van der Waals surface area contributed by atoms with Crippen molar-refractivity contribution in [2.45, 2.75) is 32.4 Å². The molecule has 0 saturated carbocycles. The van der Waals surface area contributed by atoms with E-state index in [1.807, 2.05) is 36.1 Å². The lowest BCUT2D eigenvalue weighted by Gasteiger charge is -2.26. The third kappa shape index (κ3) is 4.09. The van der Waals surface area contributed by atoms with Crippen molar-refractivity contribution >= 4 is 11.6 Å². The van der Waals surface area contributed by atoms with Crippen molar-refractivity contribution < 1.29 is 9.47 Å². The molecule has 0 amide bonds. The molecule has 1 aliphatic rings. The fraction of sp³-hybridized carbons (Fsp3) is 0.500. The standard InChI is InChI=1S/C18H24ClN3O2/c1-13-9-15(19)10-17(14-11-21-22(12-14)7-8-23-2)18(13)24-16-3-5-20-6-4-16/h9-12,16,20H,3-8H2,1-2H3. The highest BCUT2D eigenvalue weighted by Gasteiger charge is 2.19. The second-order valence-electron chi connectivity index (χ2n) is 6.15. The first-order chi connectivity index (χ1) is 11.7. The van der Waals surface area contributed by atoms with Gasteiger partial charge in [-0.3, -0.25) is 4.68 Å². The largest absolute Gasteiger partial charge is 0.489 e. The molecule has 0 aliphatic carbocycles. The molecule has 1 aromatic carbocycles. The first kappa shape index (κ1) is 17.3. The maximum Gasteiger partial charge on any atom is 0.130 e. The molecule has 3 rings (SSSR count). The minimum atomic E-state index is 0.244. The summed E-state index contributed by atoms with van der Waals surface area (Å²) in [6, 6.07) is 3.92. The van der Waals surface area contributed by atoms with Gasteiger partial charge in [0.15, 0.2) is 0 Å². The third-order valence-electron chi connectivity index (χ3n) is 4.28. The first-order valence-corrected chi connectivity index (χ1v) is 8.74. The van der Waals surface area contributed by atoms with Crippen LogP contribution in [0.2, 0.25) is 5.02 Å². The average Bonchev–Trinajstić information content (AvgIpc) is 3.05. The van der Waals surface area contributed by atoms with Crippen LogP contribution in [0, 0.1) is 6.92 Å². The molecule has 130 valence electrons. The van der Waals surface area contributed by atoms with E-state index in [0.29, 0.717) is 11.6 Å². The Morgan fingerprint density at radius 3 is 2.88 bits per heavy atom. The third-order valence-corrected chi connectivity index (χ3v) is 4.50. The van der Waals surface area contributed by atoms with Gasteiger partial charge in [0.05, 0.1) is 19.3 Å². The fourth-order valence-corrected chi connectivity index (χ4v) is 3.26. The second-order valence-corrected chi connectivity index (χ2v) is 6.59. The summed E-state index contributed by atoms with van der Waals surface area (Å²) in [6.45, 7) is 5.40. The summed E-state index contributed by atoms with van der Waals surface area (Å²) in [6.07, 6.45) is 6.16. The van der Waals surface area contributed by atoms with Gasteiger partial charge in [0, 0.05) is 29.5 Å². The Hall–Kier alpha value is -1.56. The highest BCUT2D eigenvalue weighted by molar-refractivity contribution is 6.31. The number of rotatable bonds is 6. The first-order valence-electron chi connectivity index (χ1n) is 8.36. The molecular weight excluding hydrogens is 326 g/mol. The van der Waals surface area contributed by atoms with E-state index >= 15 is 0 Å². The monoisotopic (exact) mass is 349 g/mol. The number of methoxy groups -OCH3 is 1. The molecule has 0 bridgehead atoms. The molecule has 6 heteroatoms. The molecule has 5 nitrogen and oxygen atoms in total. The van der Waals surface area contributed by atoms with Crippen LogP contribution in [0.3, 0.4) is 0 Å². The van der Waals surface area contributed by atoms with Crippen LogP contribution in [-0.2, 0) is 11.3 Å². The van der Waals surface area contributed by atoms with Crippen LogP contribution in [0.1, 0.15) is 18.4 Å². The van der Waals surface area contributed by atoms with Gasteiger partial charge in [-0.1, -0.05) is 11.6 Å². The van der Waals surface area contributed by atoms with Crippen molar-refractivity contribution in [1.29, 1.82) is 0 Å². The van der Waals surface area contributed by atoms with E-state index in [4.69, 9.17) is 21.1 Å². The van der Waals surface area contributed by atoms with Crippen LogP contribution in [0.4, 0.5) is 0 Å². The van der Waals surface area contributed by atoms with Gasteiger partial charge in [-0.25, -0.2) is 0 Å². The predicted molar refractivity (Wildman–Crippen MR) is 95.8 cm³/mol. The van der Waals surface area contributed by atoms with Crippen LogP contribution in [0.15, 0.2) is 24.5 Å². The summed E-state index contributed by atoms with van der Waals surface area (Å²) in [4.78, 5) is 0. The second kappa shape index (κ2) is 8.01. The van der Waals surface area contributed by atoms with Crippen molar-refractivity contribution in [1.82, 2.24) is 15.1 Å². The van der Waals surface area contributed by atoms with Crippen LogP contribution in [0.5, 0.6) is 5.75 Å². The molecule has 0 radical (unpaired) electrons. The number of ether oxygens (including phenoxy) is 2. The summed E-state index contributed by atoms with van der Waals surface area (Å²) in [5.41, 5.74) is 3.07. The van der Waals surface area contributed by atoms with Crippen molar-refractivity contribution in [2.24, 2.45) is 0 Å². The Labute approximate surface area is 147 Å². The van der Waals surface area contributed by atoms with Crippen LogP contribution in [-0.4, -0.2) is 42.7 Å². The Balaban J connectivity index is 1.89. The molecule has 1 saturated heterocycles. The molecule has 24 heavy (non-hydrogen) atoms. The van der Waals surface area contributed by atoms with Gasteiger partial charge >= 0.3 is 0 Å². The zero-order valence-corrected chi connectivity index (χ0v) is 15.0. The minimum absolute atomic E-state index is 0.244. The summed E-state index contributed by atoms with van der Waals surface area (Å²) in [5.74, 6) is 0.914. The Kier molecular flexibility index (Phi) is 5.76. The van der Waals surface area contributed by atoms with Gasteiger partial charge in [-0.15, -0.1) is 0 Å². The zero-order chi connectivity index (χ0) is 16.9. The van der Waals surface area contributed by atoms with Crippen molar-refractivity contribution in [3.63, 3.8) is 0 Å². The molecule has 0 atom stereocenters. The molecule has 2 heterocycles. The fourth-order valence-electron chi connectivity index (χ4n) is 2.99. The molecule has 2 aromatic rings. The van der Waals surface area contributed by atoms with Gasteiger partial charge in [-0.05, 0) is 50.6 Å². The Morgan fingerprint density at radius 2 is 2.12 bits per heavy atom. The Morgan fingerprint density at radius 1 is 1.33 bits per heavy atom. The van der Waals surface area contributed by atoms with Crippen LogP contribution < -0.4 is 10.1 Å². The number of aryl methyl sites for hydroxylation is 1. The smallest absolute Gasteiger partial charge is 0.130 e. The van der Waals surface area contributed by atoms with E-state index in [1.54, 1.807) is 7.11 Å². The van der Waals surface area contributed by atoms with E-state index in [1.165, 1.54) is 0 Å². The van der Waals surface area contributed by atoms with E-state index in [9.17, 15) is 0 Å². The van der Waals surface area contributed by atoms with Crippen molar-refractivity contribution in [3.8, 4) is 16.9 Å².